The maximum Gasteiger partial charge on any atom is 0.161 e. The molecule has 1 atom stereocenters. The molecule has 0 aromatic heterocycles. The summed E-state index contributed by atoms with van der Waals surface area (Å²) in [5, 5.41) is 0. The molecule has 1 heteroatoms. The van der Waals surface area contributed by atoms with Crippen LogP contribution in [0.4, 0.5) is 0 Å². The zero-order chi connectivity index (χ0) is 10.4. The zero-order valence-corrected chi connectivity index (χ0v) is 9.51. The fourth-order valence-electron chi connectivity index (χ4n) is 1.92. The molecule has 0 heterocycles. The Bertz CT molecular complexity index is 215. The Hall–Kier alpha value is -0.590. The van der Waals surface area contributed by atoms with Crippen molar-refractivity contribution in [1.82, 2.24) is 0 Å². The predicted molar refractivity (Wildman–Crippen MR) is 60.2 cm³/mol. The van der Waals surface area contributed by atoms with Gasteiger partial charge in [0.05, 0.1) is 0 Å². The maximum absolute atomic E-state index is 11.9. The van der Waals surface area contributed by atoms with Crippen LogP contribution in [0.3, 0.4) is 0 Å². The van der Waals surface area contributed by atoms with Crippen molar-refractivity contribution in [3.63, 3.8) is 0 Å². The zero-order valence-electron chi connectivity index (χ0n) is 9.51. The van der Waals surface area contributed by atoms with E-state index in [0.717, 1.165) is 24.8 Å². The van der Waals surface area contributed by atoms with E-state index in [1.165, 1.54) is 25.7 Å². The monoisotopic (exact) mass is 194 g/mol. The van der Waals surface area contributed by atoms with Crippen molar-refractivity contribution in [3.8, 4) is 0 Å². The first-order valence-electron chi connectivity index (χ1n) is 5.99. The third-order valence-corrected chi connectivity index (χ3v) is 3.17. The standard InChI is InChI=1S/C13H22O/c1-3-11(2)13(14)12-9-7-5-4-6-8-10-12/h9,11H,3-8,10H2,1-2H3. The van der Waals surface area contributed by atoms with Gasteiger partial charge in [0, 0.05) is 5.92 Å². The van der Waals surface area contributed by atoms with E-state index in [4.69, 9.17) is 0 Å². The van der Waals surface area contributed by atoms with Gasteiger partial charge >= 0.3 is 0 Å². The van der Waals surface area contributed by atoms with E-state index in [1.807, 2.05) is 6.92 Å². The Morgan fingerprint density at radius 2 is 2.07 bits per heavy atom. The Balaban J connectivity index is 2.58. The minimum absolute atomic E-state index is 0.223. The summed E-state index contributed by atoms with van der Waals surface area (Å²) in [4.78, 5) is 11.9. The molecule has 0 aliphatic heterocycles. The molecule has 0 aromatic carbocycles. The van der Waals surface area contributed by atoms with E-state index in [2.05, 4.69) is 13.0 Å². The molecule has 0 N–H and O–H groups in total. The van der Waals surface area contributed by atoms with Crippen LogP contribution in [0.2, 0.25) is 0 Å². The lowest BCUT2D eigenvalue weighted by atomic mass is 9.91. The summed E-state index contributed by atoms with van der Waals surface area (Å²) in [6.45, 7) is 4.13. The molecule has 0 spiro atoms. The first-order chi connectivity index (χ1) is 6.75. The quantitative estimate of drug-likeness (QED) is 0.666. The number of carbonyl (C=O) groups is 1. The molecule has 0 saturated heterocycles. The first-order valence-corrected chi connectivity index (χ1v) is 5.99. The van der Waals surface area contributed by atoms with Crippen molar-refractivity contribution in [1.29, 1.82) is 0 Å². The smallest absolute Gasteiger partial charge is 0.161 e. The van der Waals surface area contributed by atoms with Gasteiger partial charge in [0.25, 0.3) is 0 Å². The largest absolute Gasteiger partial charge is 0.294 e. The molecule has 0 fully saturated rings. The van der Waals surface area contributed by atoms with Crippen LogP contribution < -0.4 is 0 Å². The Kier molecular flexibility index (Phi) is 4.92. The lowest BCUT2D eigenvalue weighted by Crippen LogP contribution is -2.13. The van der Waals surface area contributed by atoms with Crippen LogP contribution in [-0.4, -0.2) is 5.78 Å². The fraction of sp³-hybridized carbons (Fsp3) is 0.769. The number of ketones is 1. The van der Waals surface area contributed by atoms with Crippen LogP contribution in [0.5, 0.6) is 0 Å². The average molecular weight is 194 g/mol. The van der Waals surface area contributed by atoms with Gasteiger partial charge in [-0.15, -0.1) is 0 Å². The molecule has 0 aromatic rings. The third kappa shape index (κ3) is 3.28. The molecule has 0 saturated carbocycles. The molecule has 1 unspecified atom stereocenters. The molecule has 0 amide bonds. The first kappa shape index (κ1) is 11.5. The Morgan fingerprint density at radius 1 is 1.36 bits per heavy atom. The van der Waals surface area contributed by atoms with Crippen LogP contribution in [0.15, 0.2) is 11.6 Å². The Morgan fingerprint density at radius 3 is 2.79 bits per heavy atom. The fourth-order valence-corrected chi connectivity index (χ4v) is 1.92. The van der Waals surface area contributed by atoms with E-state index >= 15 is 0 Å². The molecular weight excluding hydrogens is 172 g/mol. The normalized spacial score (nSPS) is 20.6. The van der Waals surface area contributed by atoms with Gasteiger partial charge in [-0.1, -0.05) is 32.8 Å². The maximum atomic E-state index is 11.9. The molecular formula is C13H22O. The summed E-state index contributed by atoms with van der Waals surface area (Å²) >= 11 is 0. The summed E-state index contributed by atoms with van der Waals surface area (Å²) < 4.78 is 0. The molecule has 0 radical (unpaired) electrons. The van der Waals surface area contributed by atoms with Crippen molar-refractivity contribution >= 4 is 5.78 Å². The van der Waals surface area contributed by atoms with Gasteiger partial charge in [0.1, 0.15) is 0 Å². The highest BCUT2D eigenvalue weighted by atomic mass is 16.1. The van der Waals surface area contributed by atoms with E-state index in [9.17, 15) is 4.79 Å². The lowest BCUT2D eigenvalue weighted by Gasteiger charge is -2.13. The van der Waals surface area contributed by atoms with Crippen LogP contribution in [-0.2, 0) is 4.79 Å². The van der Waals surface area contributed by atoms with Crippen molar-refractivity contribution in [2.24, 2.45) is 5.92 Å². The van der Waals surface area contributed by atoms with Gasteiger partial charge in [-0.3, -0.25) is 4.79 Å². The van der Waals surface area contributed by atoms with Gasteiger partial charge in [0.2, 0.25) is 0 Å². The van der Waals surface area contributed by atoms with E-state index in [-0.39, 0.29) is 5.92 Å². The van der Waals surface area contributed by atoms with Crippen LogP contribution >= 0.6 is 0 Å². The second-order valence-corrected chi connectivity index (χ2v) is 4.36. The summed E-state index contributed by atoms with van der Waals surface area (Å²) in [6, 6.07) is 0. The van der Waals surface area contributed by atoms with Crippen LogP contribution in [0.25, 0.3) is 0 Å². The highest BCUT2D eigenvalue weighted by molar-refractivity contribution is 5.96. The lowest BCUT2D eigenvalue weighted by molar-refractivity contribution is -0.119. The number of rotatable bonds is 3. The molecule has 1 aliphatic carbocycles. The van der Waals surface area contributed by atoms with Crippen molar-refractivity contribution in [2.75, 3.05) is 0 Å². The second kappa shape index (κ2) is 6.00. The van der Waals surface area contributed by atoms with E-state index in [1.54, 1.807) is 0 Å². The highest BCUT2D eigenvalue weighted by Gasteiger charge is 2.15. The van der Waals surface area contributed by atoms with Gasteiger partial charge in [0.15, 0.2) is 5.78 Å². The molecule has 0 bridgehead atoms. The van der Waals surface area contributed by atoms with Crippen molar-refractivity contribution < 1.29 is 4.79 Å². The van der Waals surface area contributed by atoms with Gasteiger partial charge in [-0.05, 0) is 37.7 Å². The molecule has 1 nitrogen and oxygen atoms in total. The molecule has 80 valence electrons. The summed E-state index contributed by atoms with van der Waals surface area (Å²) in [6.07, 6.45) is 10.4. The third-order valence-electron chi connectivity index (χ3n) is 3.17. The Labute approximate surface area is 87.6 Å². The molecule has 1 rings (SSSR count). The van der Waals surface area contributed by atoms with Gasteiger partial charge < -0.3 is 0 Å². The summed E-state index contributed by atoms with van der Waals surface area (Å²) in [5.41, 5.74) is 1.11. The number of Topliss-reactive ketones (excluding diaryl/α,β-unsaturated/α-hetero) is 1. The molecule has 1 aliphatic rings. The number of allylic oxidation sites excluding steroid dienone is 2. The number of carbonyl (C=O) groups excluding carboxylic acids is 1. The highest BCUT2D eigenvalue weighted by Crippen LogP contribution is 2.21. The predicted octanol–water partition coefficient (Wildman–Crippen LogP) is 3.88. The summed E-state index contributed by atoms with van der Waals surface area (Å²) in [5.74, 6) is 0.620. The topological polar surface area (TPSA) is 17.1 Å². The molecule has 14 heavy (non-hydrogen) atoms. The van der Waals surface area contributed by atoms with Gasteiger partial charge in [-0.25, -0.2) is 0 Å². The minimum atomic E-state index is 0.223. The minimum Gasteiger partial charge on any atom is -0.294 e. The van der Waals surface area contributed by atoms with Crippen LogP contribution in [0.1, 0.15) is 58.8 Å². The van der Waals surface area contributed by atoms with Crippen LogP contribution in [0, 0.1) is 5.92 Å². The van der Waals surface area contributed by atoms with Gasteiger partial charge in [-0.2, -0.15) is 0 Å². The second-order valence-electron chi connectivity index (χ2n) is 4.36. The SMILES string of the molecule is CCC(C)C(=O)C1=CCCCCCC1. The van der Waals surface area contributed by atoms with Crippen molar-refractivity contribution in [2.45, 2.75) is 58.8 Å². The average Bonchev–Trinajstić information content (AvgIpc) is 2.15. The van der Waals surface area contributed by atoms with E-state index < -0.39 is 0 Å². The number of hydrogen-bond donors (Lipinski definition) is 0. The van der Waals surface area contributed by atoms with E-state index in [0.29, 0.717) is 5.78 Å². The number of hydrogen-bond acceptors (Lipinski definition) is 1. The summed E-state index contributed by atoms with van der Waals surface area (Å²) in [7, 11) is 0. The van der Waals surface area contributed by atoms with Crippen molar-refractivity contribution in [3.05, 3.63) is 11.6 Å².